The molecule has 1 aromatic carbocycles. The Morgan fingerprint density at radius 1 is 1.31 bits per heavy atom. The van der Waals surface area contributed by atoms with Crippen LogP contribution in [0.5, 0.6) is 5.75 Å². The fourth-order valence-electron chi connectivity index (χ4n) is 3.56. The van der Waals surface area contributed by atoms with Crippen LogP contribution in [0.25, 0.3) is 11.0 Å². The molecule has 1 amide bonds. The molecule has 0 saturated heterocycles. The number of aryl methyl sites for hydroxylation is 1. The van der Waals surface area contributed by atoms with E-state index in [9.17, 15) is 14.7 Å². The molecular formula is C21H20N2O5S. The van der Waals surface area contributed by atoms with Gasteiger partial charge in [0.2, 0.25) is 5.55 Å². The number of carbonyl (C=O) groups excluding carboxylic acids is 2. The number of esters is 1. The molecule has 8 heteroatoms. The number of anilines is 1. The van der Waals surface area contributed by atoms with Crippen LogP contribution in [-0.2, 0) is 17.6 Å². The van der Waals surface area contributed by atoms with Crippen LogP contribution in [-0.4, -0.2) is 23.6 Å². The Morgan fingerprint density at radius 2 is 2.10 bits per heavy atom. The number of fused-ring (bicyclic) bond motifs is 2. The Morgan fingerprint density at radius 3 is 2.90 bits per heavy atom. The smallest absolute Gasteiger partial charge is 0.341 e. The first kappa shape index (κ1) is 19.2. The summed E-state index contributed by atoms with van der Waals surface area (Å²) < 4.78 is 10.6. The van der Waals surface area contributed by atoms with Crippen LogP contribution in [0.2, 0.25) is 0 Å². The van der Waals surface area contributed by atoms with E-state index in [0.29, 0.717) is 16.0 Å². The van der Waals surface area contributed by atoms with Crippen LogP contribution in [0, 0.1) is 5.41 Å². The van der Waals surface area contributed by atoms with Gasteiger partial charge in [-0.1, -0.05) is 12.1 Å². The summed E-state index contributed by atoms with van der Waals surface area (Å²) >= 11 is 1.39. The van der Waals surface area contributed by atoms with E-state index >= 15 is 0 Å². The normalized spacial score (nSPS) is 13.1. The molecule has 2 aromatic heterocycles. The largest absolute Gasteiger partial charge is 0.504 e. The molecule has 2 heterocycles. The summed E-state index contributed by atoms with van der Waals surface area (Å²) in [7, 11) is 0. The average Bonchev–Trinajstić information content (AvgIpc) is 3.06. The predicted octanol–water partition coefficient (Wildman–Crippen LogP) is 3.99. The van der Waals surface area contributed by atoms with Crippen molar-refractivity contribution in [2.75, 3.05) is 11.9 Å². The lowest BCUT2D eigenvalue weighted by Gasteiger charge is -2.12. The summed E-state index contributed by atoms with van der Waals surface area (Å²) in [4.78, 5) is 26.5. The van der Waals surface area contributed by atoms with Crippen molar-refractivity contribution in [1.82, 2.24) is 0 Å². The van der Waals surface area contributed by atoms with Gasteiger partial charge < -0.3 is 19.6 Å². The van der Waals surface area contributed by atoms with Gasteiger partial charge in [0.15, 0.2) is 11.3 Å². The molecule has 3 aromatic rings. The summed E-state index contributed by atoms with van der Waals surface area (Å²) in [5, 5.41) is 21.6. The predicted molar refractivity (Wildman–Crippen MR) is 109 cm³/mol. The number of ether oxygens (including phenoxy) is 1. The van der Waals surface area contributed by atoms with Crippen molar-refractivity contribution in [2.24, 2.45) is 0 Å². The highest BCUT2D eigenvalue weighted by Gasteiger charge is 2.28. The molecule has 0 spiro atoms. The monoisotopic (exact) mass is 412 g/mol. The van der Waals surface area contributed by atoms with E-state index in [1.807, 2.05) is 0 Å². The quantitative estimate of drug-likeness (QED) is 0.561. The third-order valence-electron chi connectivity index (χ3n) is 4.90. The number of thiophene rings is 1. The van der Waals surface area contributed by atoms with E-state index in [1.165, 1.54) is 23.5 Å². The highest BCUT2D eigenvalue weighted by Crippen LogP contribution is 2.38. The Bertz CT molecular complexity index is 1180. The second kappa shape index (κ2) is 7.71. The second-order valence-corrected chi connectivity index (χ2v) is 7.88. The number of benzene rings is 1. The highest BCUT2D eigenvalue weighted by atomic mass is 32.1. The molecule has 0 saturated carbocycles. The molecule has 0 radical (unpaired) electrons. The molecule has 0 bridgehead atoms. The van der Waals surface area contributed by atoms with Gasteiger partial charge in [-0.2, -0.15) is 0 Å². The van der Waals surface area contributed by atoms with Gasteiger partial charge in [0.05, 0.1) is 12.2 Å². The van der Waals surface area contributed by atoms with E-state index in [1.54, 1.807) is 19.1 Å². The number of carbonyl (C=O) groups is 2. The minimum atomic E-state index is -0.548. The molecular weight excluding hydrogens is 392 g/mol. The fourth-order valence-corrected chi connectivity index (χ4v) is 4.83. The molecule has 4 rings (SSSR count). The van der Waals surface area contributed by atoms with E-state index in [2.05, 4.69) is 5.32 Å². The number of para-hydroxylation sites is 1. The van der Waals surface area contributed by atoms with Crippen LogP contribution >= 0.6 is 11.3 Å². The third kappa shape index (κ3) is 3.51. The topological polar surface area (TPSA) is 113 Å². The van der Waals surface area contributed by atoms with Gasteiger partial charge in [-0.25, -0.2) is 4.79 Å². The van der Waals surface area contributed by atoms with Crippen molar-refractivity contribution in [3.05, 3.63) is 51.4 Å². The SMILES string of the molecule is CCOC(=O)c1c(NC(=O)c2cc3cccc(O)c3oc2=N)sc2c1CCCC2. The summed E-state index contributed by atoms with van der Waals surface area (Å²) in [5.41, 5.74) is 1.17. The summed E-state index contributed by atoms with van der Waals surface area (Å²) in [6.45, 7) is 1.99. The van der Waals surface area contributed by atoms with E-state index in [4.69, 9.17) is 14.6 Å². The highest BCUT2D eigenvalue weighted by molar-refractivity contribution is 7.17. The lowest BCUT2D eigenvalue weighted by molar-refractivity contribution is 0.0526. The first-order valence-electron chi connectivity index (χ1n) is 9.43. The number of hydrogen-bond donors (Lipinski definition) is 3. The average molecular weight is 412 g/mol. The number of phenols is 1. The molecule has 0 aliphatic heterocycles. The minimum Gasteiger partial charge on any atom is -0.504 e. The number of hydrogen-bond acceptors (Lipinski definition) is 7. The van der Waals surface area contributed by atoms with E-state index in [0.717, 1.165) is 36.1 Å². The number of amides is 1. The molecule has 3 N–H and O–H groups in total. The fraction of sp³-hybridized carbons (Fsp3) is 0.286. The first-order valence-corrected chi connectivity index (χ1v) is 10.2. The maximum absolute atomic E-state index is 12.9. The van der Waals surface area contributed by atoms with Gasteiger partial charge in [0.1, 0.15) is 10.6 Å². The molecule has 7 nitrogen and oxygen atoms in total. The van der Waals surface area contributed by atoms with Gasteiger partial charge >= 0.3 is 5.97 Å². The number of aromatic hydroxyl groups is 1. The van der Waals surface area contributed by atoms with Crippen LogP contribution in [0.15, 0.2) is 28.7 Å². The van der Waals surface area contributed by atoms with Gasteiger partial charge in [-0.05, 0) is 50.3 Å². The lowest BCUT2D eigenvalue weighted by Crippen LogP contribution is -2.21. The molecule has 29 heavy (non-hydrogen) atoms. The molecule has 0 fully saturated rings. The molecule has 150 valence electrons. The molecule has 1 aliphatic rings. The zero-order chi connectivity index (χ0) is 20.5. The standard InChI is InChI=1S/C21H20N2O5S/c1-2-27-21(26)16-12-7-3-4-9-15(12)29-20(16)23-19(25)13-10-11-6-5-8-14(24)17(11)28-18(13)22/h5-6,8,10,22,24H,2-4,7,9H2,1H3,(H,23,25). The Labute approximate surface area is 170 Å². The lowest BCUT2D eigenvalue weighted by atomic mass is 9.95. The maximum Gasteiger partial charge on any atom is 0.341 e. The van der Waals surface area contributed by atoms with Gasteiger partial charge in [-0.15, -0.1) is 11.3 Å². The first-order chi connectivity index (χ1) is 14.0. The van der Waals surface area contributed by atoms with Gasteiger partial charge in [0, 0.05) is 10.3 Å². The van der Waals surface area contributed by atoms with Crippen molar-refractivity contribution in [2.45, 2.75) is 32.6 Å². The van der Waals surface area contributed by atoms with E-state index < -0.39 is 11.9 Å². The number of rotatable bonds is 4. The summed E-state index contributed by atoms with van der Waals surface area (Å²) in [5.74, 6) is -1.09. The third-order valence-corrected chi connectivity index (χ3v) is 6.10. The van der Waals surface area contributed by atoms with Crippen molar-refractivity contribution >= 4 is 39.2 Å². The van der Waals surface area contributed by atoms with Crippen molar-refractivity contribution in [3.63, 3.8) is 0 Å². The van der Waals surface area contributed by atoms with Crippen molar-refractivity contribution in [1.29, 1.82) is 5.41 Å². The second-order valence-electron chi connectivity index (χ2n) is 6.77. The zero-order valence-electron chi connectivity index (χ0n) is 15.8. The summed E-state index contributed by atoms with van der Waals surface area (Å²) in [6.07, 6.45) is 3.70. The number of phenolic OH excluding ortho intramolecular Hbond substituents is 1. The van der Waals surface area contributed by atoms with Crippen molar-refractivity contribution in [3.8, 4) is 5.75 Å². The van der Waals surface area contributed by atoms with Gasteiger partial charge in [-0.3, -0.25) is 10.2 Å². The van der Waals surface area contributed by atoms with Crippen LogP contribution < -0.4 is 10.9 Å². The Hall–Kier alpha value is -3.13. The molecule has 1 aliphatic carbocycles. The van der Waals surface area contributed by atoms with Crippen LogP contribution in [0.1, 0.15) is 50.9 Å². The number of nitrogens with one attached hydrogen (secondary N) is 2. The molecule has 0 atom stereocenters. The maximum atomic E-state index is 12.9. The van der Waals surface area contributed by atoms with Gasteiger partial charge in [0.25, 0.3) is 5.91 Å². The molecule has 0 unspecified atom stereocenters. The van der Waals surface area contributed by atoms with E-state index in [-0.39, 0.29) is 29.1 Å². The van der Waals surface area contributed by atoms with Crippen LogP contribution in [0.3, 0.4) is 0 Å². The minimum absolute atomic E-state index is 0.0179. The summed E-state index contributed by atoms with van der Waals surface area (Å²) in [6, 6.07) is 6.26. The zero-order valence-corrected chi connectivity index (χ0v) is 16.6. The Kier molecular flexibility index (Phi) is 5.10. The van der Waals surface area contributed by atoms with Crippen LogP contribution in [0.4, 0.5) is 5.00 Å². The Balaban J connectivity index is 1.73. The van der Waals surface area contributed by atoms with Crippen molar-refractivity contribution < 1.29 is 23.8 Å².